The van der Waals surface area contributed by atoms with Crippen LogP contribution in [0.1, 0.15) is 105 Å². The molecule has 55 heavy (non-hydrogen) atoms. The summed E-state index contributed by atoms with van der Waals surface area (Å²) in [7, 11) is 0. The summed E-state index contributed by atoms with van der Waals surface area (Å²) in [6.07, 6.45) is 0. The summed E-state index contributed by atoms with van der Waals surface area (Å²) in [6, 6.07) is 40.3. The zero-order chi connectivity index (χ0) is 39.0. The van der Waals surface area contributed by atoms with Gasteiger partial charge in [-0.15, -0.1) is 22.7 Å². The van der Waals surface area contributed by atoms with Crippen LogP contribution in [0, 0.1) is 0 Å². The Morgan fingerprint density at radius 3 is 1.11 bits per heavy atom. The maximum atomic E-state index is 2.60. The summed E-state index contributed by atoms with van der Waals surface area (Å²) >= 11 is 3.99. The maximum Gasteiger partial charge on any atom is 0.277 e. The molecule has 0 spiro atoms. The quantitative estimate of drug-likeness (QED) is 0.162. The van der Waals surface area contributed by atoms with Gasteiger partial charge in [0.25, 0.3) is 6.71 Å². The highest BCUT2D eigenvalue weighted by atomic mass is 32.1. The average Bonchev–Trinajstić information content (AvgIpc) is 3.68. The standard InChI is InChI=1S/C50H53BN2S2/c1-47(2,3)30-16-22-34(23-17-30)52-38-14-13-15-39-42(38)51(45-43(52)36-28-32(49(7,8)9)20-26-40(36)54-45)46-44(37-29-33(50(10,11)12)21-27-41(37)55-46)53(39)35-24-18-31(19-25-35)48(4,5)6/h13-29H,1-12H3. The van der Waals surface area contributed by atoms with Crippen LogP contribution >= 0.6 is 22.7 Å². The minimum absolute atomic E-state index is 0.0409. The lowest BCUT2D eigenvalue weighted by Gasteiger charge is -2.42. The van der Waals surface area contributed by atoms with E-state index in [1.54, 1.807) is 0 Å². The molecule has 0 atom stereocenters. The van der Waals surface area contributed by atoms with Gasteiger partial charge < -0.3 is 9.80 Å². The van der Waals surface area contributed by atoms with Crippen molar-refractivity contribution in [3.8, 4) is 0 Å². The molecule has 0 radical (unpaired) electrons. The molecule has 2 aliphatic heterocycles. The zero-order valence-corrected chi connectivity index (χ0v) is 36.2. The number of hydrogen-bond donors (Lipinski definition) is 0. The van der Waals surface area contributed by atoms with E-state index in [0.717, 1.165) is 0 Å². The molecule has 5 aromatic carbocycles. The van der Waals surface area contributed by atoms with Gasteiger partial charge in [0.1, 0.15) is 0 Å². The zero-order valence-electron chi connectivity index (χ0n) is 34.6. The molecule has 2 aromatic heterocycles. The SMILES string of the molecule is CC(C)(C)c1ccc(N2c3cccc4c3B(c3sc5ccc(C(C)(C)C)cc5c32)c2sc3ccc(C(C)(C)C)cc3c2N4c2ccc(C(C)(C)C)cc2)cc1. The van der Waals surface area contributed by atoms with Crippen LogP contribution in [-0.2, 0) is 21.7 Å². The van der Waals surface area contributed by atoms with Gasteiger partial charge in [0.15, 0.2) is 0 Å². The first kappa shape index (κ1) is 36.3. The second kappa shape index (κ2) is 12.1. The van der Waals surface area contributed by atoms with Gasteiger partial charge in [0.05, 0.1) is 11.4 Å². The fraction of sp³-hybridized carbons (Fsp3) is 0.320. The van der Waals surface area contributed by atoms with E-state index in [-0.39, 0.29) is 28.4 Å². The number of rotatable bonds is 2. The fourth-order valence-corrected chi connectivity index (χ4v) is 11.3. The average molecular weight is 757 g/mol. The smallest absolute Gasteiger partial charge is 0.277 e. The van der Waals surface area contributed by atoms with Crippen molar-refractivity contribution in [1.82, 2.24) is 0 Å². The monoisotopic (exact) mass is 756 g/mol. The number of fused-ring (bicyclic) bond motifs is 8. The van der Waals surface area contributed by atoms with Crippen LogP contribution in [0.3, 0.4) is 0 Å². The molecule has 7 aromatic rings. The number of benzene rings is 5. The van der Waals surface area contributed by atoms with Crippen LogP contribution in [0.15, 0.2) is 103 Å². The Labute approximate surface area is 336 Å². The Morgan fingerprint density at radius 1 is 0.418 bits per heavy atom. The van der Waals surface area contributed by atoms with E-state index in [0.29, 0.717) is 0 Å². The number of nitrogens with zero attached hydrogens (tertiary/aromatic N) is 2. The third-order valence-electron chi connectivity index (χ3n) is 11.9. The van der Waals surface area contributed by atoms with Crippen molar-refractivity contribution in [3.05, 3.63) is 125 Å². The lowest BCUT2D eigenvalue weighted by molar-refractivity contribution is 0.590. The summed E-state index contributed by atoms with van der Waals surface area (Å²) in [5.74, 6) is 0. The summed E-state index contributed by atoms with van der Waals surface area (Å²) < 4.78 is 5.57. The normalized spacial score (nSPS) is 14.4. The largest absolute Gasteiger partial charge is 0.310 e. The molecule has 2 aliphatic rings. The Balaban J connectivity index is 1.38. The van der Waals surface area contributed by atoms with Gasteiger partial charge in [-0.05, 0) is 110 Å². The van der Waals surface area contributed by atoms with Crippen LogP contribution < -0.4 is 24.8 Å². The lowest BCUT2D eigenvalue weighted by Crippen LogP contribution is -2.59. The molecule has 0 fully saturated rings. The molecule has 4 heterocycles. The molecule has 278 valence electrons. The van der Waals surface area contributed by atoms with Crippen molar-refractivity contribution < 1.29 is 0 Å². The molecule has 2 nitrogen and oxygen atoms in total. The first-order chi connectivity index (χ1) is 25.8. The molecule has 5 heteroatoms. The molecule has 0 saturated heterocycles. The van der Waals surface area contributed by atoms with Gasteiger partial charge in [-0.3, -0.25) is 0 Å². The van der Waals surface area contributed by atoms with Crippen molar-refractivity contribution in [2.45, 2.75) is 105 Å². The van der Waals surface area contributed by atoms with E-state index >= 15 is 0 Å². The molecule has 0 amide bonds. The van der Waals surface area contributed by atoms with Crippen molar-refractivity contribution >= 4 is 98.7 Å². The Bertz CT molecular complexity index is 2450. The van der Waals surface area contributed by atoms with E-state index in [1.807, 2.05) is 22.7 Å². The molecule has 0 N–H and O–H groups in total. The van der Waals surface area contributed by atoms with Crippen LogP contribution in [0.2, 0.25) is 0 Å². The van der Waals surface area contributed by atoms with Gasteiger partial charge in [-0.25, -0.2) is 0 Å². The predicted molar refractivity (Wildman–Crippen MR) is 246 cm³/mol. The molecule has 0 bridgehead atoms. The fourth-order valence-electron chi connectivity index (χ4n) is 8.60. The van der Waals surface area contributed by atoms with Crippen LogP contribution in [0.4, 0.5) is 34.1 Å². The van der Waals surface area contributed by atoms with Crippen molar-refractivity contribution in [3.63, 3.8) is 0 Å². The molecule has 0 aliphatic carbocycles. The van der Waals surface area contributed by atoms with Crippen molar-refractivity contribution in [1.29, 1.82) is 0 Å². The summed E-state index contributed by atoms with van der Waals surface area (Å²) in [5, 5.41) is 2.70. The minimum Gasteiger partial charge on any atom is -0.310 e. The molecule has 9 rings (SSSR count). The number of anilines is 6. The second-order valence-electron chi connectivity index (χ2n) is 20.0. The maximum absolute atomic E-state index is 2.60. The third kappa shape index (κ3) is 5.79. The van der Waals surface area contributed by atoms with Crippen LogP contribution in [0.5, 0.6) is 0 Å². The minimum atomic E-state index is 0.0409. The number of thiophene rings is 2. The van der Waals surface area contributed by atoms with Gasteiger partial charge >= 0.3 is 0 Å². The first-order valence-electron chi connectivity index (χ1n) is 19.9. The Kier molecular flexibility index (Phi) is 7.99. The van der Waals surface area contributed by atoms with Crippen molar-refractivity contribution in [2.75, 3.05) is 9.80 Å². The van der Waals surface area contributed by atoms with Gasteiger partial charge in [-0.2, -0.15) is 0 Å². The lowest BCUT2D eigenvalue weighted by atomic mass is 9.39. The summed E-state index contributed by atoms with van der Waals surface area (Å²) in [4.78, 5) is 5.19. The third-order valence-corrected chi connectivity index (χ3v) is 14.3. The Morgan fingerprint density at radius 2 is 0.764 bits per heavy atom. The highest BCUT2D eigenvalue weighted by Crippen LogP contribution is 2.51. The van der Waals surface area contributed by atoms with Gasteiger partial charge in [0.2, 0.25) is 0 Å². The van der Waals surface area contributed by atoms with E-state index in [1.165, 1.54) is 91.6 Å². The molecule has 0 unspecified atom stereocenters. The van der Waals surface area contributed by atoms with E-state index in [9.17, 15) is 0 Å². The van der Waals surface area contributed by atoms with Crippen LogP contribution in [0.25, 0.3) is 20.2 Å². The highest BCUT2D eigenvalue weighted by molar-refractivity contribution is 7.40. The van der Waals surface area contributed by atoms with E-state index in [2.05, 4.69) is 196 Å². The van der Waals surface area contributed by atoms with E-state index in [4.69, 9.17) is 0 Å². The molecular formula is C50H53BN2S2. The molecule has 0 saturated carbocycles. The summed E-state index contributed by atoms with van der Waals surface area (Å²) in [5.41, 5.74) is 14.7. The van der Waals surface area contributed by atoms with Crippen molar-refractivity contribution in [2.24, 2.45) is 0 Å². The predicted octanol–water partition coefficient (Wildman–Crippen LogP) is 13.4. The van der Waals surface area contributed by atoms with Gasteiger partial charge in [-0.1, -0.05) is 126 Å². The molecular weight excluding hydrogens is 704 g/mol. The number of hydrogen-bond acceptors (Lipinski definition) is 4. The topological polar surface area (TPSA) is 6.48 Å². The summed E-state index contributed by atoms with van der Waals surface area (Å²) in [6.45, 7) is 27.9. The highest BCUT2D eigenvalue weighted by Gasteiger charge is 2.47. The van der Waals surface area contributed by atoms with E-state index < -0.39 is 0 Å². The second-order valence-corrected chi connectivity index (χ2v) is 22.1. The van der Waals surface area contributed by atoms with Gasteiger partial charge in [0, 0.05) is 52.5 Å². The Hall–Kier alpha value is -4.32. The van der Waals surface area contributed by atoms with Crippen LogP contribution in [-0.4, -0.2) is 6.71 Å². The first-order valence-corrected chi connectivity index (χ1v) is 21.5.